The molecule has 0 saturated carbocycles. The van der Waals surface area contributed by atoms with E-state index in [0.717, 1.165) is 22.0 Å². The third-order valence-corrected chi connectivity index (χ3v) is 3.93. The molecular weight excluding hydrogens is 336 g/mol. The van der Waals surface area contributed by atoms with E-state index in [0.29, 0.717) is 11.6 Å². The van der Waals surface area contributed by atoms with E-state index in [4.69, 9.17) is 16.3 Å². The fourth-order valence-corrected chi connectivity index (χ4v) is 2.56. The molecule has 0 aliphatic rings. The Labute approximate surface area is 151 Å². The van der Waals surface area contributed by atoms with Crippen molar-refractivity contribution in [1.82, 2.24) is 10.3 Å². The summed E-state index contributed by atoms with van der Waals surface area (Å²) in [6.45, 7) is 0.641. The smallest absolute Gasteiger partial charge is 0.407 e. The van der Waals surface area contributed by atoms with E-state index in [1.807, 2.05) is 60.7 Å². The van der Waals surface area contributed by atoms with Gasteiger partial charge < -0.3 is 10.1 Å². The number of fused-ring (bicyclic) bond motifs is 1. The first-order valence-electron chi connectivity index (χ1n) is 7.88. The summed E-state index contributed by atoms with van der Waals surface area (Å²) in [5, 5.41) is 4.29. The zero-order chi connectivity index (χ0) is 17.5. The SMILES string of the molecule is O=C(NCC=Cc1ccc2c(Cl)ccnc2c1)OCc1ccccc1. The zero-order valence-corrected chi connectivity index (χ0v) is 14.2. The monoisotopic (exact) mass is 352 g/mol. The van der Waals surface area contributed by atoms with Crippen molar-refractivity contribution < 1.29 is 9.53 Å². The van der Waals surface area contributed by atoms with Crippen molar-refractivity contribution in [2.24, 2.45) is 0 Å². The molecule has 0 bridgehead atoms. The summed E-state index contributed by atoms with van der Waals surface area (Å²) in [4.78, 5) is 16.0. The number of aromatic nitrogens is 1. The summed E-state index contributed by atoms with van der Waals surface area (Å²) in [6.07, 6.45) is 5.01. The highest BCUT2D eigenvalue weighted by atomic mass is 35.5. The lowest BCUT2D eigenvalue weighted by atomic mass is 10.1. The predicted octanol–water partition coefficient (Wildman–Crippen LogP) is 4.83. The molecule has 0 atom stereocenters. The van der Waals surface area contributed by atoms with Gasteiger partial charge in [-0.05, 0) is 23.3 Å². The number of hydrogen-bond donors (Lipinski definition) is 1. The van der Waals surface area contributed by atoms with Crippen LogP contribution >= 0.6 is 11.6 Å². The third-order valence-electron chi connectivity index (χ3n) is 3.60. The van der Waals surface area contributed by atoms with Gasteiger partial charge in [0, 0.05) is 18.1 Å². The first-order chi connectivity index (χ1) is 12.2. The molecule has 1 N–H and O–H groups in total. The molecule has 0 spiro atoms. The minimum atomic E-state index is -0.444. The van der Waals surface area contributed by atoms with E-state index in [2.05, 4.69) is 10.3 Å². The van der Waals surface area contributed by atoms with Crippen LogP contribution in [-0.2, 0) is 11.3 Å². The predicted molar refractivity (Wildman–Crippen MR) is 100 cm³/mol. The molecule has 0 aliphatic heterocycles. The van der Waals surface area contributed by atoms with Crippen molar-refractivity contribution in [3.8, 4) is 0 Å². The van der Waals surface area contributed by atoms with Crippen molar-refractivity contribution >= 4 is 34.7 Å². The van der Waals surface area contributed by atoms with E-state index in [1.165, 1.54) is 0 Å². The van der Waals surface area contributed by atoms with Gasteiger partial charge in [-0.1, -0.05) is 66.2 Å². The number of amides is 1. The van der Waals surface area contributed by atoms with E-state index in [9.17, 15) is 4.79 Å². The van der Waals surface area contributed by atoms with Crippen LogP contribution in [0.2, 0.25) is 5.02 Å². The molecule has 1 amide bonds. The average molecular weight is 353 g/mol. The highest BCUT2D eigenvalue weighted by molar-refractivity contribution is 6.35. The second-order valence-corrected chi connectivity index (χ2v) is 5.82. The fraction of sp³-hybridized carbons (Fsp3) is 0.100. The quantitative estimate of drug-likeness (QED) is 0.715. The van der Waals surface area contributed by atoms with Gasteiger partial charge in [-0.3, -0.25) is 4.98 Å². The van der Waals surface area contributed by atoms with Crippen molar-refractivity contribution in [1.29, 1.82) is 0 Å². The number of benzene rings is 2. The number of nitrogens with zero attached hydrogens (tertiary/aromatic N) is 1. The lowest BCUT2D eigenvalue weighted by Crippen LogP contribution is -2.24. The molecule has 25 heavy (non-hydrogen) atoms. The number of alkyl carbamates (subject to hydrolysis) is 1. The molecule has 5 heteroatoms. The molecule has 3 rings (SSSR count). The first kappa shape index (κ1) is 17.0. The van der Waals surface area contributed by atoms with Crippen LogP contribution in [0.5, 0.6) is 0 Å². The van der Waals surface area contributed by atoms with E-state index in [1.54, 1.807) is 12.3 Å². The lowest BCUT2D eigenvalue weighted by molar-refractivity contribution is 0.141. The number of rotatable bonds is 5. The number of carbonyl (C=O) groups excluding carboxylic acids is 1. The van der Waals surface area contributed by atoms with Gasteiger partial charge in [0.05, 0.1) is 10.5 Å². The summed E-state index contributed by atoms with van der Waals surface area (Å²) < 4.78 is 5.14. The van der Waals surface area contributed by atoms with Crippen LogP contribution in [0.3, 0.4) is 0 Å². The van der Waals surface area contributed by atoms with Crippen molar-refractivity contribution in [2.45, 2.75) is 6.61 Å². The van der Waals surface area contributed by atoms with Gasteiger partial charge >= 0.3 is 6.09 Å². The average Bonchev–Trinajstić information content (AvgIpc) is 2.64. The largest absolute Gasteiger partial charge is 0.445 e. The van der Waals surface area contributed by atoms with Gasteiger partial charge in [0.15, 0.2) is 0 Å². The number of halogens is 1. The van der Waals surface area contributed by atoms with Crippen LogP contribution in [-0.4, -0.2) is 17.6 Å². The Morgan fingerprint density at radius 3 is 2.84 bits per heavy atom. The van der Waals surface area contributed by atoms with Crippen LogP contribution in [0.1, 0.15) is 11.1 Å². The maximum absolute atomic E-state index is 11.6. The molecule has 126 valence electrons. The topological polar surface area (TPSA) is 51.2 Å². The molecule has 0 saturated heterocycles. The standard InChI is InChI=1S/C20H17ClN2O2/c21-18-10-12-22-19-13-15(8-9-17(18)19)7-4-11-23-20(24)25-14-16-5-2-1-3-6-16/h1-10,12-13H,11,14H2,(H,23,24). The highest BCUT2D eigenvalue weighted by Gasteiger charge is 2.01. The first-order valence-corrected chi connectivity index (χ1v) is 8.25. The number of carbonyl (C=O) groups is 1. The van der Waals surface area contributed by atoms with E-state index in [-0.39, 0.29) is 6.61 Å². The molecule has 0 unspecified atom stereocenters. The third kappa shape index (κ3) is 4.81. The van der Waals surface area contributed by atoms with Gasteiger partial charge in [0.2, 0.25) is 0 Å². The fourth-order valence-electron chi connectivity index (χ4n) is 2.35. The van der Waals surface area contributed by atoms with Gasteiger partial charge in [0.1, 0.15) is 6.61 Å². The molecule has 0 fully saturated rings. The molecule has 1 heterocycles. The maximum atomic E-state index is 11.6. The van der Waals surface area contributed by atoms with Crippen molar-refractivity contribution in [3.05, 3.63) is 83.0 Å². The lowest BCUT2D eigenvalue weighted by Gasteiger charge is -2.05. The number of ether oxygens (including phenoxy) is 1. The molecule has 4 nitrogen and oxygen atoms in total. The number of pyridine rings is 1. The molecule has 2 aromatic carbocycles. The van der Waals surface area contributed by atoms with Crippen molar-refractivity contribution in [2.75, 3.05) is 6.54 Å². The summed E-state index contributed by atoms with van der Waals surface area (Å²) in [6, 6.07) is 17.2. The Hall–Kier alpha value is -2.85. The second kappa shape index (κ2) is 8.31. The minimum Gasteiger partial charge on any atom is -0.445 e. The number of nitrogens with one attached hydrogen (secondary N) is 1. The van der Waals surface area contributed by atoms with Crippen LogP contribution < -0.4 is 5.32 Å². The van der Waals surface area contributed by atoms with Gasteiger partial charge in [-0.25, -0.2) is 4.79 Å². The normalized spacial score (nSPS) is 10.9. The second-order valence-electron chi connectivity index (χ2n) is 5.41. The highest BCUT2D eigenvalue weighted by Crippen LogP contribution is 2.22. The van der Waals surface area contributed by atoms with Crippen LogP contribution in [0.25, 0.3) is 17.0 Å². The van der Waals surface area contributed by atoms with Crippen LogP contribution in [0.4, 0.5) is 4.79 Å². The summed E-state index contributed by atoms with van der Waals surface area (Å²) in [7, 11) is 0. The van der Waals surface area contributed by atoms with Crippen LogP contribution in [0, 0.1) is 0 Å². The zero-order valence-electron chi connectivity index (χ0n) is 13.5. The summed E-state index contributed by atoms with van der Waals surface area (Å²) in [5.74, 6) is 0. The minimum absolute atomic E-state index is 0.257. The van der Waals surface area contributed by atoms with E-state index < -0.39 is 6.09 Å². The van der Waals surface area contributed by atoms with Crippen molar-refractivity contribution in [3.63, 3.8) is 0 Å². The molecular formula is C20H17ClN2O2. The van der Waals surface area contributed by atoms with Crippen LogP contribution in [0.15, 0.2) is 66.9 Å². The number of hydrogen-bond acceptors (Lipinski definition) is 3. The van der Waals surface area contributed by atoms with E-state index >= 15 is 0 Å². The molecule has 0 aliphatic carbocycles. The maximum Gasteiger partial charge on any atom is 0.407 e. The Kier molecular flexibility index (Phi) is 5.65. The van der Waals surface area contributed by atoms with Gasteiger partial charge in [0.25, 0.3) is 0 Å². The molecule has 3 aromatic rings. The molecule has 0 radical (unpaired) electrons. The Morgan fingerprint density at radius 1 is 1.16 bits per heavy atom. The Balaban J connectivity index is 1.49. The van der Waals surface area contributed by atoms with Gasteiger partial charge in [-0.2, -0.15) is 0 Å². The Bertz CT molecular complexity index is 895. The summed E-state index contributed by atoms with van der Waals surface area (Å²) in [5.41, 5.74) is 2.78. The Morgan fingerprint density at radius 2 is 2.00 bits per heavy atom. The molecule has 1 aromatic heterocycles. The van der Waals surface area contributed by atoms with Gasteiger partial charge in [-0.15, -0.1) is 0 Å². The summed E-state index contributed by atoms with van der Waals surface area (Å²) >= 11 is 6.13.